The molecule has 1 N–H and O–H groups in total. The Morgan fingerprint density at radius 3 is 2.88 bits per heavy atom. The third-order valence-electron chi connectivity index (χ3n) is 3.57. The Morgan fingerprint density at radius 1 is 1.47 bits per heavy atom. The Labute approximate surface area is 101 Å². The fourth-order valence-electron chi connectivity index (χ4n) is 2.47. The molecule has 0 aromatic heterocycles. The molecule has 1 aromatic rings. The van der Waals surface area contributed by atoms with Crippen molar-refractivity contribution in [2.75, 3.05) is 7.11 Å². The van der Waals surface area contributed by atoms with E-state index < -0.39 is 5.97 Å². The molecule has 0 heterocycles. The van der Waals surface area contributed by atoms with Crippen LogP contribution in [0.3, 0.4) is 0 Å². The average Bonchev–Trinajstić information content (AvgIpc) is 2.27. The molecule has 0 unspecified atom stereocenters. The molecule has 1 aliphatic rings. The molecule has 0 spiro atoms. The summed E-state index contributed by atoms with van der Waals surface area (Å²) in [5, 5.41) is 8.62. The lowest BCUT2D eigenvalue weighted by Crippen LogP contribution is -2.22. The highest BCUT2D eigenvalue weighted by molar-refractivity contribution is 5.66. The van der Waals surface area contributed by atoms with Crippen LogP contribution in [0.15, 0.2) is 24.3 Å². The van der Waals surface area contributed by atoms with E-state index in [4.69, 9.17) is 9.84 Å². The quantitative estimate of drug-likeness (QED) is 0.851. The smallest absolute Gasteiger partial charge is 0.303 e. The van der Waals surface area contributed by atoms with Crippen molar-refractivity contribution in [1.29, 1.82) is 0 Å². The van der Waals surface area contributed by atoms with Gasteiger partial charge in [-0.3, -0.25) is 4.79 Å². The third kappa shape index (κ3) is 2.99. The van der Waals surface area contributed by atoms with Crippen molar-refractivity contribution in [3.63, 3.8) is 0 Å². The zero-order chi connectivity index (χ0) is 12.3. The predicted octanol–water partition coefficient (Wildman–Crippen LogP) is 3.05. The van der Waals surface area contributed by atoms with Crippen molar-refractivity contribution in [2.24, 2.45) is 5.92 Å². The van der Waals surface area contributed by atoms with E-state index in [0.29, 0.717) is 18.3 Å². The van der Waals surface area contributed by atoms with Gasteiger partial charge in [-0.2, -0.15) is 0 Å². The fourth-order valence-corrected chi connectivity index (χ4v) is 2.47. The van der Waals surface area contributed by atoms with Crippen molar-refractivity contribution < 1.29 is 14.6 Å². The number of carboxylic acid groups (broad SMARTS) is 1. The maximum absolute atomic E-state index is 10.5. The van der Waals surface area contributed by atoms with Gasteiger partial charge in [0.2, 0.25) is 0 Å². The highest BCUT2D eigenvalue weighted by atomic mass is 16.5. The van der Waals surface area contributed by atoms with Gasteiger partial charge in [0, 0.05) is 6.42 Å². The molecule has 0 saturated heterocycles. The van der Waals surface area contributed by atoms with Gasteiger partial charge in [0.1, 0.15) is 5.75 Å². The summed E-state index contributed by atoms with van der Waals surface area (Å²) in [5.74, 6) is 1.39. The van der Waals surface area contributed by atoms with Crippen molar-refractivity contribution in [1.82, 2.24) is 0 Å². The van der Waals surface area contributed by atoms with Gasteiger partial charge >= 0.3 is 5.97 Å². The number of ether oxygens (including phenoxy) is 1. The molecule has 1 fully saturated rings. The summed E-state index contributed by atoms with van der Waals surface area (Å²) in [6.45, 7) is 0. The Hall–Kier alpha value is -1.51. The Kier molecular flexibility index (Phi) is 3.67. The number of aliphatic carboxylic acids is 1. The normalized spacial score (nSPS) is 22.9. The Balaban J connectivity index is 1.84. The second-order valence-electron chi connectivity index (χ2n) is 4.74. The topological polar surface area (TPSA) is 46.5 Å². The minimum Gasteiger partial charge on any atom is -0.497 e. The second-order valence-corrected chi connectivity index (χ2v) is 4.74. The number of hydrogen-bond acceptors (Lipinski definition) is 2. The number of rotatable bonds is 5. The highest BCUT2D eigenvalue weighted by Crippen LogP contribution is 2.44. The number of carboxylic acids is 1. The molecule has 0 radical (unpaired) electrons. The van der Waals surface area contributed by atoms with Gasteiger partial charge < -0.3 is 9.84 Å². The first-order valence-electron chi connectivity index (χ1n) is 6.04. The number of benzene rings is 1. The highest BCUT2D eigenvalue weighted by Gasteiger charge is 2.30. The molecule has 0 aliphatic heterocycles. The van der Waals surface area contributed by atoms with Crippen LogP contribution < -0.4 is 4.74 Å². The summed E-state index contributed by atoms with van der Waals surface area (Å²) in [6.07, 6.45) is 3.34. The lowest BCUT2D eigenvalue weighted by atomic mass is 9.70. The molecular weight excluding hydrogens is 216 g/mol. The van der Waals surface area contributed by atoms with Crippen LogP contribution >= 0.6 is 0 Å². The number of methoxy groups -OCH3 is 1. The van der Waals surface area contributed by atoms with Crippen LogP contribution in [0.2, 0.25) is 0 Å². The minimum absolute atomic E-state index is 0.301. The lowest BCUT2D eigenvalue weighted by Gasteiger charge is -2.35. The van der Waals surface area contributed by atoms with E-state index in [0.717, 1.165) is 25.0 Å². The molecule has 3 heteroatoms. The van der Waals surface area contributed by atoms with Crippen LogP contribution in [0, 0.1) is 5.92 Å². The molecule has 2 rings (SSSR count). The molecule has 0 amide bonds. The fraction of sp³-hybridized carbons (Fsp3) is 0.500. The van der Waals surface area contributed by atoms with E-state index in [9.17, 15) is 4.79 Å². The van der Waals surface area contributed by atoms with E-state index in [-0.39, 0.29) is 0 Å². The molecular formula is C14H18O3. The standard InChI is InChI=1S/C14H18O3/c1-17-13-4-2-3-11(9-13)12-7-10(8-12)5-6-14(15)16/h2-4,9-10,12H,5-8H2,1H3,(H,15,16). The number of hydrogen-bond donors (Lipinski definition) is 1. The SMILES string of the molecule is COc1cccc(C2CC(CCC(=O)O)C2)c1. The molecule has 1 saturated carbocycles. The van der Waals surface area contributed by atoms with Crippen molar-refractivity contribution in [3.8, 4) is 5.75 Å². The van der Waals surface area contributed by atoms with Crippen LogP contribution in [0.25, 0.3) is 0 Å². The zero-order valence-corrected chi connectivity index (χ0v) is 10.1. The van der Waals surface area contributed by atoms with Gasteiger partial charge in [-0.15, -0.1) is 0 Å². The molecule has 17 heavy (non-hydrogen) atoms. The summed E-state index contributed by atoms with van der Waals surface area (Å²) in [5.41, 5.74) is 1.32. The van der Waals surface area contributed by atoms with E-state index >= 15 is 0 Å². The summed E-state index contributed by atoms with van der Waals surface area (Å²) < 4.78 is 5.20. The van der Waals surface area contributed by atoms with E-state index in [1.165, 1.54) is 5.56 Å². The van der Waals surface area contributed by atoms with Gasteiger partial charge in [-0.05, 0) is 48.8 Å². The van der Waals surface area contributed by atoms with E-state index in [2.05, 4.69) is 12.1 Å². The summed E-state index contributed by atoms with van der Waals surface area (Å²) in [4.78, 5) is 10.5. The lowest BCUT2D eigenvalue weighted by molar-refractivity contribution is -0.137. The Bertz CT molecular complexity index is 394. The molecule has 0 atom stereocenters. The second kappa shape index (κ2) is 5.21. The summed E-state index contributed by atoms with van der Waals surface area (Å²) >= 11 is 0. The molecule has 1 aliphatic carbocycles. The largest absolute Gasteiger partial charge is 0.497 e. The van der Waals surface area contributed by atoms with Gasteiger partial charge in [-0.25, -0.2) is 0 Å². The maximum Gasteiger partial charge on any atom is 0.303 e. The van der Waals surface area contributed by atoms with Crippen molar-refractivity contribution in [3.05, 3.63) is 29.8 Å². The van der Waals surface area contributed by atoms with Gasteiger partial charge in [0.15, 0.2) is 0 Å². The zero-order valence-electron chi connectivity index (χ0n) is 10.1. The Morgan fingerprint density at radius 2 is 2.24 bits per heavy atom. The first-order valence-corrected chi connectivity index (χ1v) is 6.04. The predicted molar refractivity (Wildman–Crippen MR) is 65.3 cm³/mol. The molecule has 1 aromatic carbocycles. The van der Waals surface area contributed by atoms with Gasteiger partial charge in [0.25, 0.3) is 0 Å². The first kappa shape index (κ1) is 12.0. The van der Waals surface area contributed by atoms with Crippen LogP contribution in [-0.4, -0.2) is 18.2 Å². The molecule has 3 nitrogen and oxygen atoms in total. The number of carbonyl (C=O) groups is 1. The first-order chi connectivity index (χ1) is 8.19. The van der Waals surface area contributed by atoms with Crippen LogP contribution in [-0.2, 0) is 4.79 Å². The summed E-state index contributed by atoms with van der Waals surface area (Å²) in [7, 11) is 1.68. The monoisotopic (exact) mass is 234 g/mol. The molecule has 0 bridgehead atoms. The third-order valence-corrected chi connectivity index (χ3v) is 3.57. The average molecular weight is 234 g/mol. The van der Waals surface area contributed by atoms with E-state index in [1.54, 1.807) is 7.11 Å². The van der Waals surface area contributed by atoms with Crippen LogP contribution in [0.4, 0.5) is 0 Å². The van der Waals surface area contributed by atoms with Gasteiger partial charge in [0.05, 0.1) is 7.11 Å². The van der Waals surface area contributed by atoms with Crippen molar-refractivity contribution in [2.45, 2.75) is 31.6 Å². The summed E-state index contributed by atoms with van der Waals surface area (Å²) in [6, 6.07) is 8.17. The maximum atomic E-state index is 10.5. The van der Waals surface area contributed by atoms with Crippen LogP contribution in [0.1, 0.15) is 37.2 Å². The minimum atomic E-state index is -0.685. The van der Waals surface area contributed by atoms with E-state index in [1.807, 2.05) is 12.1 Å². The molecule has 92 valence electrons. The van der Waals surface area contributed by atoms with Gasteiger partial charge in [-0.1, -0.05) is 12.1 Å². The van der Waals surface area contributed by atoms with Crippen molar-refractivity contribution >= 4 is 5.97 Å². The van der Waals surface area contributed by atoms with Crippen LogP contribution in [0.5, 0.6) is 5.75 Å².